The Morgan fingerprint density at radius 1 is 0.966 bits per heavy atom. The summed E-state index contributed by atoms with van der Waals surface area (Å²) in [4.78, 5) is 23.6. The first-order valence-corrected chi connectivity index (χ1v) is 9.27. The number of hydrogen-bond acceptors (Lipinski definition) is 5. The van der Waals surface area contributed by atoms with Crippen LogP contribution in [0.15, 0.2) is 53.6 Å². The molecule has 154 valence electrons. The summed E-state index contributed by atoms with van der Waals surface area (Å²) in [5, 5.41) is 6.74. The Bertz CT molecular complexity index is 855. The first kappa shape index (κ1) is 21.9. The zero-order valence-corrected chi connectivity index (χ0v) is 17.2. The number of rotatable bonds is 8. The number of benzene rings is 2. The minimum absolute atomic E-state index is 0.0539. The van der Waals surface area contributed by atoms with Crippen molar-refractivity contribution < 1.29 is 19.1 Å². The number of amides is 2. The van der Waals surface area contributed by atoms with Crippen molar-refractivity contribution in [2.24, 2.45) is 5.10 Å². The van der Waals surface area contributed by atoms with Crippen LogP contribution >= 0.6 is 0 Å². The van der Waals surface area contributed by atoms with Crippen LogP contribution in [-0.4, -0.2) is 36.8 Å². The summed E-state index contributed by atoms with van der Waals surface area (Å²) >= 11 is 0. The average molecular weight is 397 g/mol. The Hall–Kier alpha value is -3.35. The monoisotopic (exact) mass is 397 g/mol. The second-order valence-electron chi connectivity index (χ2n) is 7.50. The van der Waals surface area contributed by atoms with Gasteiger partial charge in [0.25, 0.3) is 11.8 Å². The maximum Gasteiger partial charge on any atom is 0.277 e. The minimum Gasteiger partial charge on any atom is -0.484 e. The molecule has 2 aromatic carbocycles. The summed E-state index contributed by atoms with van der Waals surface area (Å²) in [7, 11) is 0. The van der Waals surface area contributed by atoms with Crippen LogP contribution < -0.4 is 20.2 Å². The largest absolute Gasteiger partial charge is 0.484 e. The molecule has 0 unspecified atom stereocenters. The van der Waals surface area contributed by atoms with Crippen LogP contribution in [-0.2, 0) is 9.59 Å². The van der Waals surface area contributed by atoms with Crippen molar-refractivity contribution in [1.29, 1.82) is 0 Å². The second kappa shape index (κ2) is 10.3. The molecule has 0 aliphatic rings. The van der Waals surface area contributed by atoms with Crippen molar-refractivity contribution in [2.75, 3.05) is 13.2 Å². The summed E-state index contributed by atoms with van der Waals surface area (Å²) in [6.07, 6.45) is 1.52. The van der Waals surface area contributed by atoms with E-state index >= 15 is 0 Å². The number of aryl methyl sites for hydroxylation is 1. The molecule has 7 nitrogen and oxygen atoms in total. The molecule has 0 atom stereocenters. The van der Waals surface area contributed by atoms with Crippen LogP contribution in [0.5, 0.6) is 11.5 Å². The highest BCUT2D eigenvalue weighted by Crippen LogP contribution is 2.15. The van der Waals surface area contributed by atoms with E-state index < -0.39 is 0 Å². The maximum atomic E-state index is 11.8. The Kier molecular flexibility index (Phi) is 7.77. The highest BCUT2D eigenvalue weighted by atomic mass is 16.5. The first-order valence-electron chi connectivity index (χ1n) is 9.27. The summed E-state index contributed by atoms with van der Waals surface area (Å²) in [6, 6.07) is 14.5. The predicted octanol–water partition coefficient (Wildman–Crippen LogP) is 2.82. The third kappa shape index (κ3) is 8.47. The van der Waals surface area contributed by atoms with Crippen LogP contribution in [0.4, 0.5) is 0 Å². The third-order valence-electron chi connectivity index (χ3n) is 3.62. The molecule has 2 amide bonds. The van der Waals surface area contributed by atoms with E-state index in [4.69, 9.17) is 9.47 Å². The van der Waals surface area contributed by atoms with Gasteiger partial charge in [0.1, 0.15) is 11.5 Å². The van der Waals surface area contributed by atoms with Gasteiger partial charge in [-0.1, -0.05) is 18.2 Å². The SMILES string of the molecule is Cc1ccccc1OCC(=O)N/N=C\c1ccc(OCC(=O)NC(C)(C)C)cc1. The number of nitrogens with one attached hydrogen (secondary N) is 2. The van der Waals surface area contributed by atoms with E-state index in [-0.39, 0.29) is 30.6 Å². The molecule has 2 rings (SSSR count). The van der Waals surface area contributed by atoms with Gasteiger partial charge in [-0.05, 0) is 69.2 Å². The molecule has 2 N–H and O–H groups in total. The summed E-state index contributed by atoms with van der Waals surface area (Å²) < 4.78 is 10.9. The van der Waals surface area contributed by atoms with Crippen LogP contribution in [0.1, 0.15) is 31.9 Å². The second-order valence-corrected chi connectivity index (χ2v) is 7.50. The van der Waals surface area contributed by atoms with Crippen molar-refractivity contribution in [3.8, 4) is 11.5 Å². The van der Waals surface area contributed by atoms with Gasteiger partial charge in [0.05, 0.1) is 6.21 Å². The van der Waals surface area contributed by atoms with E-state index in [1.807, 2.05) is 52.0 Å². The van der Waals surface area contributed by atoms with Gasteiger partial charge in [0.2, 0.25) is 0 Å². The molecular weight excluding hydrogens is 370 g/mol. The fourth-order valence-electron chi connectivity index (χ4n) is 2.33. The minimum atomic E-state index is -0.352. The smallest absolute Gasteiger partial charge is 0.277 e. The first-order chi connectivity index (χ1) is 13.7. The molecule has 0 aliphatic carbocycles. The molecule has 0 radical (unpaired) electrons. The number of carbonyl (C=O) groups excluding carboxylic acids is 2. The van der Waals surface area contributed by atoms with E-state index in [0.29, 0.717) is 11.5 Å². The van der Waals surface area contributed by atoms with Crippen LogP contribution in [0.3, 0.4) is 0 Å². The number of carbonyl (C=O) groups is 2. The summed E-state index contributed by atoms with van der Waals surface area (Å²) in [5.41, 5.74) is 3.86. The number of ether oxygens (including phenoxy) is 2. The highest BCUT2D eigenvalue weighted by Gasteiger charge is 2.13. The number of para-hydroxylation sites is 1. The van der Waals surface area contributed by atoms with Gasteiger partial charge in [-0.25, -0.2) is 5.43 Å². The van der Waals surface area contributed by atoms with Crippen molar-refractivity contribution in [1.82, 2.24) is 10.7 Å². The molecule has 0 fully saturated rings. The molecule has 0 bridgehead atoms. The zero-order chi connectivity index (χ0) is 21.3. The van der Waals surface area contributed by atoms with E-state index in [9.17, 15) is 9.59 Å². The van der Waals surface area contributed by atoms with Crippen LogP contribution in [0.2, 0.25) is 0 Å². The summed E-state index contributed by atoms with van der Waals surface area (Å²) in [6.45, 7) is 7.47. The zero-order valence-electron chi connectivity index (χ0n) is 17.2. The lowest BCUT2D eigenvalue weighted by Crippen LogP contribution is -2.43. The van der Waals surface area contributed by atoms with Gasteiger partial charge in [-0.3, -0.25) is 9.59 Å². The Labute approximate surface area is 171 Å². The Morgan fingerprint density at radius 2 is 1.62 bits per heavy atom. The van der Waals surface area contributed by atoms with Crippen molar-refractivity contribution in [2.45, 2.75) is 33.2 Å². The molecule has 0 spiro atoms. The number of hydrazone groups is 1. The standard InChI is InChI=1S/C22H27N3O4/c1-16-7-5-6-8-19(16)29-15-21(27)25-23-13-17-9-11-18(12-10-17)28-14-20(26)24-22(2,3)4/h5-13H,14-15H2,1-4H3,(H,24,26)(H,25,27)/b23-13-. The van der Waals surface area contributed by atoms with Crippen molar-refractivity contribution in [3.63, 3.8) is 0 Å². The van der Waals surface area contributed by atoms with E-state index in [0.717, 1.165) is 11.1 Å². The fraction of sp³-hybridized carbons (Fsp3) is 0.318. The van der Waals surface area contributed by atoms with Gasteiger partial charge < -0.3 is 14.8 Å². The molecule has 0 aromatic heterocycles. The third-order valence-corrected chi connectivity index (χ3v) is 3.62. The molecule has 2 aromatic rings. The van der Waals surface area contributed by atoms with Gasteiger partial charge in [0, 0.05) is 5.54 Å². The fourth-order valence-corrected chi connectivity index (χ4v) is 2.33. The van der Waals surface area contributed by atoms with Gasteiger partial charge in [0.15, 0.2) is 13.2 Å². The van der Waals surface area contributed by atoms with Gasteiger partial charge in [-0.15, -0.1) is 0 Å². The lowest BCUT2D eigenvalue weighted by atomic mass is 10.1. The molecule has 29 heavy (non-hydrogen) atoms. The Morgan fingerprint density at radius 3 is 2.28 bits per heavy atom. The molecule has 0 saturated carbocycles. The molecule has 0 saturated heterocycles. The van der Waals surface area contributed by atoms with E-state index in [1.165, 1.54) is 6.21 Å². The molecule has 0 heterocycles. The van der Waals surface area contributed by atoms with Gasteiger partial charge in [-0.2, -0.15) is 5.10 Å². The quantitative estimate of drug-likeness (QED) is 0.530. The predicted molar refractivity (Wildman–Crippen MR) is 112 cm³/mol. The average Bonchev–Trinajstić information content (AvgIpc) is 2.65. The van der Waals surface area contributed by atoms with Crippen LogP contribution in [0.25, 0.3) is 0 Å². The lowest BCUT2D eigenvalue weighted by Gasteiger charge is -2.20. The van der Waals surface area contributed by atoms with Crippen LogP contribution in [0, 0.1) is 6.92 Å². The van der Waals surface area contributed by atoms with E-state index in [1.54, 1.807) is 24.3 Å². The Balaban J connectivity index is 1.74. The highest BCUT2D eigenvalue weighted by molar-refractivity contribution is 5.83. The summed E-state index contributed by atoms with van der Waals surface area (Å²) in [5.74, 6) is 0.702. The number of nitrogens with zero attached hydrogens (tertiary/aromatic N) is 1. The molecule has 0 aliphatic heterocycles. The molecule has 7 heteroatoms. The van der Waals surface area contributed by atoms with Crippen molar-refractivity contribution >= 4 is 18.0 Å². The lowest BCUT2D eigenvalue weighted by molar-refractivity contribution is -0.124. The molecular formula is C22H27N3O4. The normalized spacial score (nSPS) is 11.2. The van der Waals surface area contributed by atoms with E-state index in [2.05, 4.69) is 15.8 Å². The number of hydrogen-bond donors (Lipinski definition) is 2. The van der Waals surface area contributed by atoms with Gasteiger partial charge >= 0.3 is 0 Å². The maximum absolute atomic E-state index is 11.8. The topological polar surface area (TPSA) is 89.0 Å². The van der Waals surface area contributed by atoms with Crippen molar-refractivity contribution in [3.05, 3.63) is 59.7 Å².